The first-order valence-electron chi connectivity index (χ1n) is 7.21. The topological polar surface area (TPSA) is 58.4 Å². The Labute approximate surface area is 133 Å². The number of hydrogen-bond acceptors (Lipinski definition) is 6. The zero-order valence-corrected chi connectivity index (χ0v) is 13.0. The summed E-state index contributed by atoms with van der Waals surface area (Å²) in [6.07, 6.45) is 1.89. The zero-order valence-electron chi connectivity index (χ0n) is 12.1. The molecule has 1 aliphatic rings. The molecule has 2 heterocycles. The number of rotatable bonds is 5. The predicted molar refractivity (Wildman–Crippen MR) is 83.9 cm³/mol. The van der Waals surface area contributed by atoms with Crippen molar-refractivity contribution in [3.05, 3.63) is 46.4 Å². The summed E-state index contributed by atoms with van der Waals surface area (Å²) < 4.78 is 11.5. The molecule has 114 valence electrons. The van der Waals surface area contributed by atoms with E-state index in [-0.39, 0.29) is 6.10 Å². The van der Waals surface area contributed by atoms with E-state index in [0.717, 1.165) is 37.0 Å². The molecule has 0 bridgehead atoms. The second-order valence-corrected chi connectivity index (χ2v) is 5.94. The third-order valence-corrected chi connectivity index (χ3v) is 4.40. The number of aromatic nitrogens is 1. The summed E-state index contributed by atoms with van der Waals surface area (Å²) in [5, 5.41) is 11.8. The summed E-state index contributed by atoms with van der Waals surface area (Å²) in [7, 11) is 0. The van der Waals surface area contributed by atoms with Gasteiger partial charge in [-0.3, -0.25) is 4.90 Å². The molecule has 0 saturated carbocycles. The molecule has 1 aromatic carbocycles. The standard InChI is InChI=1S/C16H17N3O2S/c17-11-13-1-3-14(4-2-13)20-8-6-19-7-9-21-15(12-19)16-18-5-10-22-16/h1-5,10,15H,6-9,12H2/t15-/m0/s1. The Hall–Kier alpha value is -1.94. The molecule has 0 aliphatic carbocycles. The van der Waals surface area contributed by atoms with E-state index in [0.29, 0.717) is 12.2 Å². The molecule has 3 rings (SSSR count). The molecule has 22 heavy (non-hydrogen) atoms. The van der Waals surface area contributed by atoms with E-state index in [4.69, 9.17) is 14.7 Å². The number of nitriles is 1. The summed E-state index contributed by atoms with van der Waals surface area (Å²) in [6, 6.07) is 9.29. The van der Waals surface area contributed by atoms with E-state index >= 15 is 0 Å². The van der Waals surface area contributed by atoms with Crippen molar-refractivity contribution in [2.75, 3.05) is 32.8 Å². The summed E-state index contributed by atoms with van der Waals surface area (Å²) in [5.74, 6) is 0.795. The highest BCUT2D eigenvalue weighted by Crippen LogP contribution is 2.23. The van der Waals surface area contributed by atoms with Crippen LogP contribution in [-0.4, -0.2) is 42.7 Å². The minimum Gasteiger partial charge on any atom is -0.492 e. The van der Waals surface area contributed by atoms with E-state index in [1.54, 1.807) is 23.5 Å². The maximum atomic E-state index is 8.76. The molecule has 1 fully saturated rings. The smallest absolute Gasteiger partial charge is 0.123 e. The van der Waals surface area contributed by atoms with Crippen LogP contribution < -0.4 is 4.74 Å². The largest absolute Gasteiger partial charge is 0.492 e. The molecule has 1 aliphatic heterocycles. The van der Waals surface area contributed by atoms with Gasteiger partial charge < -0.3 is 9.47 Å². The lowest BCUT2D eigenvalue weighted by Gasteiger charge is -2.31. The lowest BCUT2D eigenvalue weighted by atomic mass is 10.2. The molecule has 1 aromatic heterocycles. The van der Waals surface area contributed by atoms with E-state index in [1.807, 2.05) is 23.7 Å². The van der Waals surface area contributed by atoms with Crippen LogP contribution in [0.4, 0.5) is 0 Å². The summed E-state index contributed by atoms with van der Waals surface area (Å²) in [6.45, 7) is 3.96. The highest BCUT2D eigenvalue weighted by Gasteiger charge is 2.23. The van der Waals surface area contributed by atoms with Crippen LogP contribution in [0.3, 0.4) is 0 Å². The third-order valence-electron chi connectivity index (χ3n) is 3.54. The van der Waals surface area contributed by atoms with Gasteiger partial charge in [0.1, 0.15) is 23.5 Å². The van der Waals surface area contributed by atoms with Crippen molar-refractivity contribution < 1.29 is 9.47 Å². The normalized spacial score (nSPS) is 18.8. The van der Waals surface area contributed by atoms with Crippen molar-refractivity contribution in [2.24, 2.45) is 0 Å². The Bertz CT molecular complexity index is 622. The average Bonchev–Trinajstić information content (AvgIpc) is 3.10. The summed E-state index contributed by atoms with van der Waals surface area (Å²) in [5.41, 5.74) is 0.645. The molecule has 0 amide bonds. The molecular formula is C16H17N3O2S. The molecular weight excluding hydrogens is 298 g/mol. The SMILES string of the molecule is N#Cc1ccc(OCCN2CCO[C@H](c3nccs3)C2)cc1. The van der Waals surface area contributed by atoms with E-state index in [9.17, 15) is 0 Å². The molecule has 0 N–H and O–H groups in total. The Morgan fingerprint density at radius 3 is 3.00 bits per heavy atom. The van der Waals surface area contributed by atoms with Gasteiger partial charge in [0.2, 0.25) is 0 Å². The van der Waals surface area contributed by atoms with Gasteiger partial charge in [0.15, 0.2) is 0 Å². The van der Waals surface area contributed by atoms with Gasteiger partial charge in [-0.2, -0.15) is 5.26 Å². The zero-order chi connectivity index (χ0) is 15.2. The van der Waals surface area contributed by atoms with Gasteiger partial charge >= 0.3 is 0 Å². The maximum Gasteiger partial charge on any atom is 0.123 e. The van der Waals surface area contributed by atoms with Crippen LogP contribution in [0.25, 0.3) is 0 Å². The minimum absolute atomic E-state index is 0.0728. The van der Waals surface area contributed by atoms with Gasteiger partial charge in [-0.05, 0) is 24.3 Å². The van der Waals surface area contributed by atoms with Crippen LogP contribution in [0.5, 0.6) is 5.75 Å². The Morgan fingerprint density at radius 1 is 1.41 bits per heavy atom. The van der Waals surface area contributed by atoms with E-state index in [2.05, 4.69) is 16.0 Å². The van der Waals surface area contributed by atoms with Crippen molar-refractivity contribution in [3.63, 3.8) is 0 Å². The molecule has 0 spiro atoms. The number of morpholine rings is 1. The predicted octanol–water partition coefficient (Wildman–Crippen LogP) is 2.47. The number of hydrogen-bond donors (Lipinski definition) is 0. The number of ether oxygens (including phenoxy) is 2. The highest BCUT2D eigenvalue weighted by atomic mass is 32.1. The highest BCUT2D eigenvalue weighted by molar-refractivity contribution is 7.09. The van der Waals surface area contributed by atoms with Gasteiger partial charge in [-0.1, -0.05) is 0 Å². The fourth-order valence-corrected chi connectivity index (χ4v) is 3.04. The molecule has 1 atom stereocenters. The lowest BCUT2D eigenvalue weighted by Crippen LogP contribution is -2.40. The Morgan fingerprint density at radius 2 is 2.27 bits per heavy atom. The first kappa shape index (κ1) is 15.0. The van der Waals surface area contributed by atoms with Crippen LogP contribution in [0, 0.1) is 11.3 Å². The van der Waals surface area contributed by atoms with Crippen LogP contribution in [0.1, 0.15) is 16.7 Å². The van der Waals surface area contributed by atoms with Crippen molar-refractivity contribution in [3.8, 4) is 11.8 Å². The van der Waals surface area contributed by atoms with E-state index < -0.39 is 0 Å². The summed E-state index contributed by atoms with van der Waals surface area (Å²) >= 11 is 1.64. The molecule has 1 saturated heterocycles. The number of benzene rings is 1. The maximum absolute atomic E-state index is 8.76. The Kier molecular flexibility index (Phi) is 5.01. The number of thiazole rings is 1. The van der Waals surface area contributed by atoms with Crippen molar-refractivity contribution in [2.45, 2.75) is 6.10 Å². The molecule has 2 aromatic rings. The second kappa shape index (κ2) is 7.36. The van der Waals surface area contributed by atoms with Crippen molar-refractivity contribution >= 4 is 11.3 Å². The minimum atomic E-state index is 0.0728. The van der Waals surface area contributed by atoms with Crippen molar-refractivity contribution in [1.82, 2.24) is 9.88 Å². The van der Waals surface area contributed by atoms with E-state index in [1.165, 1.54) is 0 Å². The first-order valence-corrected chi connectivity index (χ1v) is 8.09. The molecule has 0 radical (unpaired) electrons. The van der Waals surface area contributed by atoms with Crippen LogP contribution in [0.2, 0.25) is 0 Å². The molecule has 0 unspecified atom stereocenters. The molecule has 5 nitrogen and oxygen atoms in total. The van der Waals surface area contributed by atoms with Crippen LogP contribution >= 0.6 is 11.3 Å². The average molecular weight is 315 g/mol. The van der Waals surface area contributed by atoms with Crippen molar-refractivity contribution in [1.29, 1.82) is 5.26 Å². The van der Waals surface area contributed by atoms with Gasteiger partial charge in [0.05, 0.1) is 18.2 Å². The Balaban J connectivity index is 1.46. The van der Waals surface area contributed by atoms with Crippen LogP contribution in [0.15, 0.2) is 35.8 Å². The quantitative estimate of drug-likeness (QED) is 0.848. The summed E-state index contributed by atoms with van der Waals surface area (Å²) in [4.78, 5) is 6.66. The number of nitrogens with zero attached hydrogens (tertiary/aromatic N) is 3. The second-order valence-electron chi connectivity index (χ2n) is 5.02. The van der Waals surface area contributed by atoms with Gasteiger partial charge in [-0.15, -0.1) is 11.3 Å². The van der Waals surface area contributed by atoms with Gasteiger partial charge in [0.25, 0.3) is 0 Å². The first-order chi connectivity index (χ1) is 10.8. The lowest BCUT2D eigenvalue weighted by molar-refractivity contribution is -0.0329. The monoisotopic (exact) mass is 315 g/mol. The van der Waals surface area contributed by atoms with Crippen LogP contribution in [-0.2, 0) is 4.74 Å². The fraction of sp³-hybridized carbons (Fsp3) is 0.375. The third kappa shape index (κ3) is 3.83. The fourth-order valence-electron chi connectivity index (χ4n) is 2.37. The van der Waals surface area contributed by atoms with Gasteiger partial charge in [0, 0.05) is 31.2 Å². The molecule has 6 heteroatoms. The van der Waals surface area contributed by atoms with Gasteiger partial charge in [-0.25, -0.2) is 4.98 Å².